The summed E-state index contributed by atoms with van der Waals surface area (Å²) in [7, 11) is 0. The molecule has 4 rings (SSSR count). The van der Waals surface area contributed by atoms with E-state index in [0.717, 1.165) is 24.3 Å². The van der Waals surface area contributed by atoms with Crippen LogP contribution in [0.2, 0.25) is 0 Å². The van der Waals surface area contributed by atoms with E-state index >= 15 is 0 Å². The van der Waals surface area contributed by atoms with Gasteiger partial charge in [0.25, 0.3) is 5.91 Å². The average Bonchev–Trinajstić information content (AvgIpc) is 3.55. The highest BCUT2D eigenvalue weighted by Gasteiger charge is 2.65. The maximum absolute atomic E-state index is 14.7. The topological polar surface area (TPSA) is 92.4 Å². The zero-order valence-corrected chi connectivity index (χ0v) is 18.4. The number of rotatable bonds is 5. The number of nitrogens with one attached hydrogen (secondary N) is 1. The van der Waals surface area contributed by atoms with E-state index in [-0.39, 0.29) is 35.0 Å². The number of nitrogens with zero attached hydrogens (tertiary/aromatic N) is 1. The summed E-state index contributed by atoms with van der Waals surface area (Å²) in [5.41, 5.74) is -9.07. The minimum Gasteiger partial charge on any atom is -0.373 e. The van der Waals surface area contributed by atoms with Crippen LogP contribution in [0.1, 0.15) is 36.1 Å². The highest BCUT2D eigenvalue weighted by Crippen LogP contribution is 2.57. The number of aromatic nitrogens is 1. The molecular formula is C23H17F7N2O4. The molecule has 2 N–H and O–H groups in total. The SMILES string of the molecule is Cc1noc(=O)c2ccc(NC(=O)C(O)(CC3(c4cccc(C(F)(F)F)c4F)CC3)C(F)(F)F)cc12. The second-order valence-electron chi connectivity index (χ2n) is 8.75. The Kier molecular flexibility index (Phi) is 5.90. The van der Waals surface area contributed by atoms with Crippen molar-refractivity contribution < 1.29 is 45.2 Å². The van der Waals surface area contributed by atoms with Gasteiger partial charge in [0.2, 0.25) is 5.60 Å². The lowest BCUT2D eigenvalue weighted by atomic mass is 9.81. The van der Waals surface area contributed by atoms with Crippen LogP contribution in [0.3, 0.4) is 0 Å². The molecule has 3 aromatic rings. The monoisotopic (exact) mass is 518 g/mol. The van der Waals surface area contributed by atoms with Crippen LogP contribution in [0.5, 0.6) is 0 Å². The number of carbonyl (C=O) groups is 1. The molecule has 36 heavy (non-hydrogen) atoms. The molecule has 1 aromatic heterocycles. The number of benzene rings is 2. The number of aryl methyl sites for hydroxylation is 1. The quantitative estimate of drug-likeness (QED) is 0.464. The number of halogens is 7. The van der Waals surface area contributed by atoms with Crippen molar-refractivity contribution in [1.29, 1.82) is 0 Å². The molecule has 1 unspecified atom stereocenters. The number of aliphatic hydroxyl groups is 1. The van der Waals surface area contributed by atoms with Crippen molar-refractivity contribution in [1.82, 2.24) is 5.16 Å². The van der Waals surface area contributed by atoms with Gasteiger partial charge in [-0.05, 0) is 49.6 Å². The lowest BCUT2D eigenvalue weighted by molar-refractivity contribution is -0.253. The third-order valence-corrected chi connectivity index (χ3v) is 6.32. The number of hydrogen-bond acceptors (Lipinski definition) is 5. The first-order chi connectivity index (χ1) is 16.6. The van der Waals surface area contributed by atoms with Crippen LogP contribution in [0.15, 0.2) is 45.7 Å². The molecule has 1 aliphatic carbocycles. The van der Waals surface area contributed by atoms with Crippen LogP contribution in [-0.4, -0.2) is 27.9 Å². The first-order valence-corrected chi connectivity index (χ1v) is 10.5. The maximum Gasteiger partial charge on any atom is 0.426 e. The second kappa shape index (κ2) is 8.29. The number of fused-ring (bicyclic) bond motifs is 1. The van der Waals surface area contributed by atoms with Crippen molar-refractivity contribution in [3.8, 4) is 0 Å². The van der Waals surface area contributed by atoms with Gasteiger partial charge in [0.1, 0.15) is 5.82 Å². The van der Waals surface area contributed by atoms with Gasteiger partial charge < -0.3 is 14.9 Å². The fourth-order valence-corrected chi connectivity index (χ4v) is 4.19. The van der Waals surface area contributed by atoms with Crippen LogP contribution in [0.25, 0.3) is 10.8 Å². The molecule has 192 valence electrons. The van der Waals surface area contributed by atoms with Crippen molar-refractivity contribution in [3.63, 3.8) is 0 Å². The predicted octanol–water partition coefficient (Wildman–Crippen LogP) is 5.01. The number of anilines is 1. The summed E-state index contributed by atoms with van der Waals surface area (Å²) >= 11 is 0. The van der Waals surface area contributed by atoms with Gasteiger partial charge in [0.05, 0.1) is 16.6 Å². The van der Waals surface area contributed by atoms with E-state index in [0.29, 0.717) is 6.07 Å². The average molecular weight is 518 g/mol. The number of carbonyl (C=O) groups excluding carboxylic acids is 1. The molecule has 6 nitrogen and oxygen atoms in total. The van der Waals surface area contributed by atoms with Gasteiger partial charge in [-0.3, -0.25) is 4.79 Å². The van der Waals surface area contributed by atoms with Gasteiger partial charge in [0.15, 0.2) is 0 Å². The summed E-state index contributed by atoms with van der Waals surface area (Å²) in [5, 5.41) is 16.2. The van der Waals surface area contributed by atoms with Gasteiger partial charge in [-0.2, -0.15) is 26.3 Å². The second-order valence-corrected chi connectivity index (χ2v) is 8.75. The Hall–Kier alpha value is -3.48. The van der Waals surface area contributed by atoms with Crippen LogP contribution < -0.4 is 10.9 Å². The summed E-state index contributed by atoms with van der Waals surface area (Å²) in [6.45, 7) is 1.45. The number of hydrogen-bond donors (Lipinski definition) is 2. The van der Waals surface area contributed by atoms with Crippen LogP contribution in [-0.2, 0) is 16.4 Å². The van der Waals surface area contributed by atoms with Crippen LogP contribution in [0, 0.1) is 12.7 Å². The largest absolute Gasteiger partial charge is 0.426 e. The Morgan fingerprint density at radius 1 is 1.11 bits per heavy atom. The predicted molar refractivity (Wildman–Crippen MR) is 112 cm³/mol. The van der Waals surface area contributed by atoms with E-state index in [2.05, 4.69) is 9.68 Å². The van der Waals surface area contributed by atoms with E-state index in [1.807, 2.05) is 5.32 Å². The zero-order valence-electron chi connectivity index (χ0n) is 18.4. The highest BCUT2D eigenvalue weighted by atomic mass is 19.4. The first kappa shape index (κ1) is 25.6. The molecule has 0 spiro atoms. The van der Waals surface area contributed by atoms with E-state index < -0.39 is 58.3 Å². The summed E-state index contributed by atoms with van der Waals surface area (Å²) in [6.07, 6.45) is -12.4. The summed E-state index contributed by atoms with van der Waals surface area (Å²) in [4.78, 5) is 24.5. The molecule has 1 atom stereocenters. The summed E-state index contributed by atoms with van der Waals surface area (Å²) in [5.74, 6) is -3.66. The van der Waals surface area contributed by atoms with Crippen molar-refractivity contribution in [3.05, 3.63) is 69.5 Å². The number of amides is 1. The molecule has 1 heterocycles. The van der Waals surface area contributed by atoms with Gasteiger partial charge in [-0.15, -0.1) is 0 Å². The number of alkyl halides is 6. The van der Waals surface area contributed by atoms with E-state index in [4.69, 9.17) is 0 Å². The minimum atomic E-state index is -5.56. The standard InChI is InChI=1S/C23H17F7N2O4/c1-11-14-9-12(5-6-13(14)18(33)36-32-11)31-19(34)21(35,23(28,29)30)10-20(7-8-20)15-3-2-4-16(17(15)24)22(25,26)27/h2-6,9,35H,7-8,10H2,1H3,(H,31,34). The molecule has 13 heteroatoms. The fraction of sp³-hybridized carbons (Fsp3) is 0.348. The van der Waals surface area contributed by atoms with Crippen molar-refractivity contribution in [2.45, 2.75) is 49.6 Å². The van der Waals surface area contributed by atoms with Crippen LogP contribution >= 0.6 is 0 Å². The van der Waals surface area contributed by atoms with Crippen LogP contribution in [0.4, 0.5) is 36.4 Å². The molecule has 1 amide bonds. The Morgan fingerprint density at radius 2 is 1.78 bits per heavy atom. The molecule has 0 saturated heterocycles. The molecule has 2 aromatic carbocycles. The molecule has 1 fully saturated rings. The van der Waals surface area contributed by atoms with E-state index in [1.165, 1.54) is 13.0 Å². The highest BCUT2D eigenvalue weighted by molar-refractivity contribution is 6.00. The summed E-state index contributed by atoms with van der Waals surface area (Å²) < 4.78 is 101. The van der Waals surface area contributed by atoms with Gasteiger partial charge >= 0.3 is 18.0 Å². The first-order valence-electron chi connectivity index (χ1n) is 10.5. The maximum atomic E-state index is 14.7. The molecule has 0 radical (unpaired) electrons. The van der Waals surface area contributed by atoms with Crippen molar-refractivity contribution >= 4 is 22.4 Å². The minimum absolute atomic E-state index is 0.0449. The van der Waals surface area contributed by atoms with Gasteiger partial charge in [0, 0.05) is 22.9 Å². The van der Waals surface area contributed by atoms with Gasteiger partial charge in [-0.25, -0.2) is 9.18 Å². The van der Waals surface area contributed by atoms with Crippen molar-refractivity contribution in [2.24, 2.45) is 0 Å². The molecule has 0 aliphatic heterocycles. The Balaban J connectivity index is 1.70. The van der Waals surface area contributed by atoms with Gasteiger partial charge in [-0.1, -0.05) is 17.3 Å². The Morgan fingerprint density at radius 3 is 2.36 bits per heavy atom. The van der Waals surface area contributed by atoms with E-state index in [1.54, 1.807) is 0 Å². The molecular weight excluding hydrogens is 501 g/mol. The molecule has 1 aliphatic rings. The molecule has 1 saturated carbocycles. The lowest BCUT2D eigenvalue weighted by Gasteiger charge is -2.33. The normalized spacial score (nSPS) is 17.0. The third kappa shape index (κ3) is 4.31. The zero-order chi connectivity index (χ0) is 26.7. The Labute approximate surface area is 197 Å². The third-order valence-electron chi connectivity index (χ3n) is 6.32. The molecule has 0 bridgehead atoms. The fourth-order valence-electron chi connectivity index (χ4n) is 4.19. The van der Waals surface area contributed by atoms with E-state index in [9.17, 15) is 45.4 Å². The lowest BCUT2D eigenvalue weighted by Crippen LogP contribution is -2.56. The smallest absolute Gasteiger partial charge is 0.373 e. The van der Waals surface area contributed by atoms with Crippen molar-refractivity contribution in [2.75, 3.05) is 5.32 Å². The summed E-state index contributed by atoms with van der Waals surface area (Å²) in [6, 6.07) is 5.66. The Bertz CT molecular complexity index is 1410.